The van der Waals surface area contributed by atoms with Gasteiger partial charge < -0.3 is 10.2 Å². The lowest BCUT2D eigenvalue weighted by atomic mass is 9.98. The van der Waals surface area contributed by atoms with E-state index in [0.717, 1.165) is 23.4 Å². The van der Waals surface area contributed by atoms with Crippen molar-refractivity contribution >= 4 is 11.7 Å². The number of benzene rings is 1. The molecule has 1 aliphatic rings. The Kier molecular flexibility index (Phi) is 6.08. The summed E-state index contributed by atoms with van der Waals surface area (Å²) < 4.78 is 82.8. The summed E-state index contributed by atoms with van der Waals surface area (Å²) in [4.78, 5) is 20.8. The van der Waals surface area contributed by atoms with Gasteiger partial charge in [-0.05, 0) is 19.1 Å². The topological polar surface area (TPSA) is 67.3 Å². The van der Waals surface area contributed by atoms with E-state index in [1.54, 1.807) is 0 Å². The molecule has 1 amide bonds. The van der Waals surface area contributed by atoms with Crippen molar-refractivity contribution in [1.29, 1.82) is 0 Å². The lowest BCUT2D eigenvalue weighted by molar-refractivity contribution is -0.357. The largest absolute Gasteiger partial charge is 0.522 e. The zero-order valence-corrected chi connectivity index (χ0v) is 15.8. The lowest BCUT2D eigenvalue weighted by Gasteiger charge is -2.45. The first kappa shape index (κ1) is 22.4. The van der Waals surface area contributed by atoms with Crippen molar-refractivity contribution in [3.05, 3.63) is 42.0 Å². The van der Waals surface area contributed by atoms with Crippen molar-refractivity contribution in [2.24, 2.45) is 0 Å². The number of hydrogen-bond donors (Lipinski definition) is 1. The van der Waals surface area contributed by atoms with Gasteiger partial charge in [0, 0.05) is 11.6 Å². The zero-order valence-electron chi connectivity index (χ0n) is 15.8. The Morgan fingerprint density at radius 2 is 2.03 bits per heavy atom. The summed E-state index contributed by atoms with van der Waals surface area (Å²) in [6.07, 6.45) is -0.213. The minimum absolute atomic E-state index is 0.328. The number of anilines is 1. The van der Waals surface area contributed by atoms with Crippen molar-refractivity contribution in [3.63, 3.8) is 0 Å². The van der Waals surface area contributed by atoms with Gasteiger partial charge in [0.15, 0.2) is 11.6 Å². The van der Waals surface area contributed by atoms with Crippen LogP contribution in [0.1, 0.15) is 6.92 Å². The van der Waals surface area contributed by atoms with Crippen molar-refractivity contribution in [1.82, 2.24) is 14.9 Å². The molecule has 164 valence electrons. The van der Waals surface area contributed by atoms with Gasteiger partial charge in [0.25, 0.3) is 0 Å². The van der Waals surface area contributed by atoms with E-state index in [1.807, 2.05) is 0 Å². The number of carbonyl (C=O) groups excluding carboxylic acids is 1. The number of terminal acetylenes is 1. The third-order valence-corrected chi connectivity index (χ3v) is 4.50. The first-order valence-electron chi connectivity index (χ1n) is 8.75. The number of alkyl halides is 3. The van der Waals surface area contributed by atoms with Gasteiger partial charge >= 0.3 is 6.36 Å². The van der Waals surface area contributed by atoms with E-state index in [4.69, 9.17) is 6.42 Å². The van der Waals surface area contributed by atoms with E-state index in [0.29, 0.717) is 6.07 Å². The molecule has 0 bridgehead atoms. The van der Waals surface area contributed by atoms with Crippen molar-refractivity contribution < 1.29 is 35.9 Å². The molecule has 1 aromatic heterocycles. The van der Waals surface area contributed by atoms with Crippen LogP contribution in [0.15, 0.2) is 24.5 Å². The number of nitrogens with zero attached hydrogens (tertiary/aromatic N) is 3. The molecule has 0 aliphatic carbocycles. The second kappa shape index (κ2) is 8.43. The van der Waals surface area contributed by atoms with Crippen LogP contribution in [0.3, 0.4) is 0 Å². The monoisotopic (exact) mass is 444 g/mol. The minimum atomic E-state index is -4.91. The van der Waals surface area contributed by atoms with E-state index in [9.17, 15) is 31.1 Å². The Morgan fingerprint density at radius 3 is 2.65 bits per heavy atom. The average Bonchev–Trinajstić information content (AvgIpc) is 2.66. The predicted molar refractivity (Wildman–Crippen MR) is 95.7 cm³/mol. The average molecular weight is 444 g/mol. The number of hydrogen-bond acceptors (Lipinski definition) is 5. The maximum Gasteiger partial charge on any atom is 0.522 e. The van der Waals surface area contributed by atoms with Crippen LogP contribution in [-0.4, -0.2) is 51.9 Å². The Balaban J connectivity index is 1.74. The van der Waals surface area contributed by atoms with Gasteiger partial charge in [-0.25, -0.2) is 23.1 Å². The summed E-state index contributed by atoms with van der Waals surface area (Å²) in [6.45, 7) is 0.908. The number of likely N-dealkylation sites (tertiary alicyclic amines) is 1. The van der Waals surface area contributed by atoms with E-state index < -0.39 is 66.0 Å². The maximum atomic E-state index is 14.8. The summed E-state index contributed by atoms with van der Waals surface area (Å²) in [5.74, 6) is -2.16. The molecule has 0 radical (unpaired) electrons. The number of rotatable bonds is 5. The third kappa shape index (κ3) is 4.72. The van der Waals surface area contributed by atoms with Crippen LogP contribution in [0, 0.1) is 29.8 Å². The van der Waals surface area contributed by atoms with Crippen LogP contribution < -0.4 is 5.32 Å². The molecule has 1 N–H and O–H groups in total. The molecule has 1 aromatic carbocycles. The Morgan fingerprint density at radius 1 is 1.32 bits per heavy atom. The molecule has 0 spiro atoms. The molecule has 1 aliphatic heterocycles. The van der Waals surface area contributed by atoms with Crippen LogP contribution in [0.5, 0.6) is 0 Å². The molecule has 0 saturated carbocycles. The van der Waals surface area contributed by atoms with Crippen LogP contribution >= 0.6 is 0 Å². The zero-order chi connectivity index (χ0) is 22.9. The minimum Gasteiger partial charge on any atom is -0.356 e. The highest BCUT2D eigenvalue weighted by Crippen LogP contribution is 2.30. The summed E-state index contributed by atoms with van der Waals surface area (Å²) in [5, 5.41) is 2.46. The maximum absolute atomic E-state index is 14.8. The molecule has 0 unspecified atom stereocenters. The SMILES string of the molecule is C#C[C@H]1[C@@H](OC(F)(F)F)CN1C(=O)[C@@H](C)Nc1ncnc(-c2ccc(F)cc2F)c1F. The quantitative estimate of drug-likeness (QED) is 0.567. The van der Waals surface area contributed by atoms with Gasteiger partial charge in [-0.3, -0.25) is 9.53 Å². The van der Waals surface area contributed by atoms with Gasteiger partial charge in [-0.15, -0.1) is 19.6 Å². The van der Waals surface area contributed by atoms with E-state index >= 15 is 0 Å². The van der Waals surface area contributed by atoms with Gasteiger partial charge in [-0.1, -0.05) is 5.92 Å². The highest BCUT2D eigenvalue weighted by molar-refractivity contribution is 5.86. The van der Waals surface area contributed by atoms with Crippen molar-refractivity contribution in [2.45, 2.75) is 31.5 Å². The lowest BCUT2D eigenvalue weighted by Crippen LogP contribution is -2.65. The van der Waals surface area contributed by atoms with Gasteiger partial charge in [0.2, 0.25) is 5.91 Å². The second-order valence-electron chi connectivity index (χ2n) is 6.58. The van der Waals surface area contributed by atoms with Crippen molar-refractivity contribution in [2.75, 3.05) is 11.9 Å². The number of ether oxygens (including phenoxy) is 1. The number of halogens is 6. The number of carbonyl (C=O) groups is 1. The fraction of sp³-hybridized carbons (Fsp3) is 0.316. The molecule has 1 fully saturated rings. The summed E-state index contributed by atoms with van der Waals surface area (Å²) >= 11 is 0. The summed E-state index contributed by atoms with van der Waals surface area (Å²) in [7, 11) is 0. The molecule has 31 heavy (non-hydrogen) atoms. The predicted octanol–water partition coefficient (Wildman–Crippen LogP) is 3.11. The molecule has 1 saturated heterocycles. The first-order chi connectivity index (χ1) is 14.5. The van der Waals surface area contributed by atoms with E-state index in [2.05, 4.69) is 25.9 Å². The van der Waals surface area contributed by atoms with Crippen LogP contribution in [-0.2, 0) is 9.53 Å². The summed E-state index contributed by atoms with van der Waals surface area (Å²) in [6, 6.07) is 0.0600. The molecule has 12 heteroatoms. The smallest absolute Gasteiger partial charge is 0.356 e. The fourth-order valence-corrected chi connectivity index (χ4v) is 3.02. The Bertz CT molecular complexity index is 1040. The van der Waals surface area contributed by atoms with Gasteiger partial charge in [-0.2, -0.15) is 0 Å². The van der Waals surface area contributed by atoms with Crippen LogP contribution in [0.4, 0.5) is 32.2 Å². The molecular weight excluding hydrogens is 430 g/mol. The van der Waals surface area contributed by atoms with Gasteiger partial charge in [0.1, 0.15) is 41.8 Å². The van der Waals surface area contributed by atoms with Gasteiger partial charge in [0.05, 0.1) is 6.54 Å². The molecule has 6 nitrogen and oxygen atoms in total. The van der Waals surface area contributed by atoms with Crippen molar-refractivity contribution in [3.8, 4) is 23.6 Å². The molecular formula is C19H14F6N4O2. The normalized spacial score (nSPS) is 19.4. The highest BCUT2D eigenvalue weighted by atomic mass is 19.4. The second-order valence-corrected chi connectivity index (χ2v) is 6.58. The Labute approximate surface area is 172 Å². The summed E-state index contributed by atoms with van der Waals surface area (Å²) in [5.41, 5.74) is -0.802. The molecule has 3 rings (SSSR count). The number of amides is 1. The third-order valence-electron chi connectivity index (χ3n) is 4.50. The Hall–Kier alpha value is -3.33. The molecule has 2 aromatic rings. The fourth-order valence-electron chi connectivity index (χ4n) is 3.02. The highest BCUT2D eigenvalue weighted by Gasteiger charge is 2.48. The van der Waals surface area contributed by atoms with Crippen LogP contribution in [0.25, 0.3) is 11.3 Å². The van der Waals surface area contributed by atoms with E-state index in [-0.39, 0.29) is 5.56 Å². The molecule has 3 atom stereocenters. The molecule has 2 heterocycles. The number of nitrogens with one attached hydrogen (secondary N) is 1. The van der Waals surface area contributed by atoms with E-state index in [1.165, 1.54) is 6.92 Å². The first-order valence-corrected chi connectivity index (χ1v) is 8.75. The standard InChI is InChI=1S/C19H14F6N4O2/c1-3-13-14(31-19(23,24)25)7-29(13)18(30)9(2)28-17-15(22)16(26-8-27-17)11-5-4-10(20)6-12(11)21/h1,4-6,8-9,13-14H,7H2,2H3,(H,26,27,28)/t9-,13+,14+/m1/s1. The number of aromatic nitrogens is 2. The van der Waals surface area contributed by atoms with Crippen LogP contribution in [0.2, 0.25) is 0 Å².